The minimum Gasteiger partial charge on any atom is -0.390 e. The SMILES string of the molecule is BC1(B)Cc2ccccc2C(B)(O)N1CC(O)CNC(=O)CCc1nc2ccccc2[nH]1. The molecule has 0 bridgehead atoms. The molecule has 0 fully saturated rings. The Balaban J connectivity index is 1.32. The van der Waals surface area contributed by atoms with Gasteiger partial charge in [-0.3, -0.25) is 9.69 Å². The van der Waals surface area contributed by atoms with Crippen LogP contribution in [0.1, 0.15) is 23.4 Å². The van der Waals surface area contributed by atoms with Gasteiger partial charge in [-0.25, -0.2) is 4.98 Å². The number of nitrogens with one attached hydrogen (secondary N) is 2. The average molecular weight is 430 g/mol. The van der Waals surface area contributed by atoms with Crippen LogP contribution in [0, 0.1) is 0 Å². The quantitative estimate of drug-likeness (QED) is 0.332. The van der Waals surface area contributed by atoms with Gasteiger partial charge in [0.15, 0.2) is 7.85 Å². The highest BCUT2D eigenvalue weighted by molar-refractivity contribution is 6.40. The molecule has 4 rings (SSSR count). The van der Waals surface area contributed by atoms with Crippen molar-refractivity contribution in [3.63, 3.8) is 0 Å². The van der Waals surface area contributed by atoms with Crippen molar-refractivity contribution in [2.75, 3.05) is 13.1 Å². The Morgan fingerprint density at radius 1 is 1.19 bits per heavy atom. The Morgan fingerprint density at radius 2 is 1.91 bits per heavy atom. The predicted molar refractivity (Wildman–Crippen MR) is 133 cm³/mol. The maximum Gasteiger partial charge on any atom is 0.220 e. The zero-order chi connectivity index (χ0) is 22.9. The molecule has 4 N–H and O–H groups in total. The number of H-pyrrole nitrogens is 1. The van der Waals surface area contributed by atoms with Gasteiger partial charge in [0.05, 0.1) is 17.1 Å². The topological polar surface area (TPSA) is 101 Å². The first-order valence-electron chi connectivity index (χ1n) is 11.1. The van der Waals surface area contributed by atoms with Gasteiger partial charge in [-0.1, -0.05) is 36.4 Å². The molecule has 1 amide bonds. The maximum absolute atomic E-state index is 12.3. The van der Waals surface area contributed by atoms with Gasteiger partial charge in [0.2, 0.25) is 5.91 Å². The molecule has 0 saturated carbocycles. The highest BCUT2D eigenvalue weighted by Crippen LogP contribution is 2.37. The molecule has 32 heavy (non-hydrogen) atoms. The Labute approximate surface area is 190 Å². The molecule has 2 atom stereocenters. The number of fused-ring (bicyclic) bond motifs is 2. The number of β-amino-alcohol motifs (C(OH)–C–C–N with tert-alkyl or cyclic N) is 1. The number of carbonyl (C=O) groups is 1. The van der Waals surface area contributed by atoms with Crippen LogP contribution >= 0.6 is 0 Å². The van der Waals surface area contributed by atoms with Crippen molar-refractivity contribution in [3.8, 4) is 0 Å². The zero-order valence-corrected chi connectivity index (χ0v) is 18.9. The lowest BCUT2D eigenvalue weighted by molar-refractivity contribution is -0.122. The lowest BCUT2D eigenvalue weighted by atomic mass is 9.53. The fraction of sp³-hybridized carbons (Fsp3) is 0.364. The second kappa shape index (κ2) is 8.77. The number of nitrogens with zero attached hydrogens (tertiary/aromatic N) is 2. The number of aromatic amines is 1. The van der Waals surface area contributed by atoms with Gasteiger partial charge in [0.1, 0.15) is 27.1 Å². The van der Waals surface area contributed by atoms with Crippen molar-refractivity contribution in [3.05, 3.63) is 65.5 Å². The Bertz CT molecular complexity index is 1090. The summed E-state index contributed by atoms with van der Waals surface area (Å²) >= 11 is 0. The van der Waals surface area contributed by atoms with Crippen molar-refractivity contribution in [1.82, 2.24) is 20.2 Å². The number of carbonyl (C=O) groups excluding carboxylic acids is 1. The van der Waals surface area contributed by atoms with Gasteiger partial charge in [-0.2, -0.15) is 0 Å². The van der Waals surface area contributed by atoms with Crippen LogP contribution in [0.4, 0.5) is 0 Å². The van der Waals surface area contributed by atoms with E-state index >= 15 is 0 Å². The number of aliphatic hydroxyl groups is 2. The largest absolute Gasteiger partial charge is 0.390 e. The number of rotatable bonds is 7. The molecule has 1 aliphatic heterocycles. The number of benzene rings is 2. The second-order valence-electron chi connectivity index (χ2n) is 9.44. The van der Waals surface area contributed by atoms with E-state index in [0.29, 0.717) is 6.42 Å². The average Bonchev–Trinajstić information content (AvgIpc) is 3.16. The standard InChI is InChI=1S/C22H29B3N4O3/c23-21(24)11-14-5-1-2-6-16(14)22(25,32)29(21)13-15(30)12-26-20(31)10-9-19-27-17-7-3-4-8-18(17)28-19/h1-8,15,30,32H,9-13,23-25H2,(H,26,31)(H,27,28). The summed E-state index contributed by atoms with van der Waals surface area (Å²) in [6, 6.07) is 15.6. The van der Waals surface area contributed by atoms with Gasteiger partial charge in [-0.15, -0.1) is 0 Å². The van der Waals surface area contributed by atoms with E-state index in [2.05, 4.69) is 31.0 Å². The van der Waals surface area contributed by atoms with Crippen LogP contribution in [0.15, 0.2) is 48.5 Å². The van der Waals surface area contributed by atoms with E-state index in [4.69, 9.17) is 0 Å². The van der Waals surface area contributed by atoms with Crippen molar-refractivity contribution < 1.29 is 15.0 Å². The minimum atomic E-state index is -1.20. The number of aryl methyl sites for hydroxylation is 1. The van der Waals surface area contributed by atoms with Gasteiger partial charge in [0.25, 0.3) is 0 Å². The monoisotopic (exact) mass is 430 g/mol. The van der Waals surface area contributed by atoms with E-state index < -0.39 is 11.7 Å². The van der Waals surface area contributed by atoms with Crippen LogP contribution < -0.4 is 5.32 Å². The Kier molecular flexibility index (Phi) is 6.20. The fourth-order valence-corrected chi connectivity index (χ4v) is 4.81. The molecule has 0 aliphatic carbocycles. The molecule has 2 aromatic carbocycles. The predicted octanol–water partition coefficient (Wildman–Crippen LogP) is -1.81. The van der Waals surface area contributed by atoms with Crippen LogP contribution in [0.25, 0.3) is 11.0 Å². The lowest BCUT2D eigenvalue weighted by Crippen LogP contribution is -2.66. The molecule has 1 aromatic heterocycles. The van der Waals surface area contributed by atoms with Crippen molar-refractivity contribution in [2.24, 2.45) is 0 Å². The summed E-state index contributed by atoms with van der Waals surface area (Å²) < 4.78 is 0. The molecule has 0 spiro atoms. The van der Waals surface area contributed by atoms with Crippen LogP contribution in [0.2, 0.25) is 0 Å². The molecular formula is C22H29B3N4O3. The molecule has 3 aromatic rings. The number of hydrogen-bond donors (Lipinski definition) is 4. The molecule has 2 heterocycles. The molecule has 7 nitrogen and oxygen atoms in total. The number of imidazole rings is 1. The fourth-order valence-electron chi connectivity index (χ4n) is 4.81. The van der Waals surface area contributed by atoms with E-state index in [1.54, 1.807) is 7.85 Å². The number of aromatic nitrogens is 2. The third-order valence-corrected chi connectivity index (χ3v) is 6.36. The van der Waals surface area contributed by atoms with E-state index in [1.807, 2.05) is 53.4 Å². The summed E-state index contributed by atoms with van der Waals surface area (Å²) in [4.78, 5) is 22.0. The first-order valence-corrected chi connectivity index (χ1v) is 11.1. The maximum atomic E-state index is 12.3. The molecule has 0 radical (unpaired) electrons. The summed E-state index contributed by atoms with van der Waals surface area (Å²) in [5.41, 5.74) is 2.62. The van der Waals surface area contributed by atoms with Crippen LogP contribution in [0.3, 0.4) is 0 Å². The minimum absolute atomic E-state index is 0.128. The van der Waals surface area contributed by atoms with E-state index in [9.17, 15) is 15.0 Å². The summed E-state index contributed by atoms with van der Waals surface area (Å²) in [6.07, 6.45) is 0.755. The van der Waals surface area contributed by atoms with Gasteiger partial charge >= 0.3 is 0 Å². The normalized spacial score (nSPS) is 21.2. The second-order valence-corrected chi connectivity index (χ2v) is 9.44. The number of hydrogen-bond acceptors (Lipinski definition) is 5. The van der Waals surface area contributed by atoms with Crippen LogP contribution in [0.5, 0.6) is 0 Å². The van der Waals surface area contributed by atoms with Gasteiger partial charge < -0.3 is 20.5 Å². The van der Waals surface area contributed by atoms with E-state index in [1.165, 1.54) is 0 Å². The lowest BCUT2D eigenvalue weighted by Gasteiger charge is -2.53. The molecule has 10 heteroatoms. The van der Waals surface area contributed by atoms with E-state index in [0.717, 1.165) is 34.4 Å². The zero-order valence-electron chi connectivity index (χ0n) is 18.9. The summed E-state index contributed by atoms with van der Waals surface area (Å²) in [5, 5.41) is 24.5. The smallest absolute Gasteiger partial charge is 0.220 e. The third-order valence-electron chi connectivity index (χ3n) is 6.36. The number of amides is 1. The summed E-state index contributed by atoms with van der Waals surface area (Å²) in [6.45, 7) is 0.376. The summed E-state index contributed by atoms with van der Waals surface area (Å²) in [5.74, 6) is 0.631. The highest BCUT2D eigenvalue weighted by atomic mass is 16.3. The van der Waals surface area contributed by atoms with Crippen LogP contribution in [-0.4, -0.2) is 79.1 Å². The first-order chi connectivity index (χ1) is 15.2. The first kappa shape index (κ1) is 22.6. The molecule has 0 saturated heterocycles. The molecule has 164 valence electrons. The van der Waals surface area contributed by atoms with Crippen molar-refractivity contribution in [2.45, 2.75) is 36.3 Å². The van der Waals surface area contributed by atoms with Crippen molar-refractivity contribution >= 4 is 40.5 Å². The Morgan fingerprint density at radius 3 is 2.69 bits per heavy atom. The van der Waals surface area contributed by atoms with Gasteiger partial charge in [-0.05, 0) is 35.0 Å². The van der Waals surface area contributed by atoms with Gasteiger partial charge in [0, 0.05) is 25.9 Å². The molecule has 1 aliphatic rings. The summed E-state index contributed by atoms with van der Waals surface area (Å²) in [7, 11) is 5.90. The van der Waals surface area contributed by atoms with Crippen LogP contribution in [-0.2, 0) is 23.3 Å². The van der Waals surface area contributed by atoms with E-state index in [-0.39, 0.29) is 30.8 Å². The molecule has 2 unspecified atom stereocenters. The molecular weight excluding hydrogens is 401 g/mol. The number of para-hydroxylation sites is 2. The third kappa shape index (κ3) is 4.63. The van der Waals surface area contributed by atoms with Crippen molar-refractivity contribution in [1.29, 1.82) is 0 Å². The highest BCUT2D eigenvalue weighted by Gasteiger charge is 2.45. The Hall–Kier alpha value is -2.55. The number of aliphatic hydroxyl groups excluding tert-OH is 1.